The molecule has 0 fully saturated rings. The van der Waals surface area contributed by atoms with E-state index in [9.17, 15) is 8.78 Å². The van der Waals surface area contributed by atoms with Gasteiger partial charge in [0.1, 0.15) is 11.6 Å². The van der Waals surface area contributed by atoms with Gasteiger partial charge in [0, 0.05) is 11.6 Å². The molecule has 0 amide bonds. The summed E-state index contributed by atoms with van der Waals surface area (Å²) in [7, 11) is 0. The summed E-state index contributed by atoms with van der Waals surface area (Å²) >= 11 is 5.39. The monoisotopic (exact) mass is 178 g/mol. The minimum Gasteiger partial charge on any atom is -0.392 e. The molecule has 11 heavy (non-hydrogen) atoms. The maximum absolute atomic E-state index is 12.6. The van der Waals surface area contributed by atoms with Crippen LogP contribution >= 0.6 is 11.6 Å². The number of rotatable bonds is 1. The summed E-state index contributed by atoms with van der Waals surface area (Å²) in [4.78, 5) is 0. The smallest absolute Gasteiger partial charge is 0.133 e. The van der Waals surface area contributed by atoms with Crippen LogP contribution in [0.4, 0.5) is 8.78 Å². The summed E-state index contributed by atoms with van der Waals surface area (Å²) in [5, 5.41) is 8.45. The number of halogens is 3. The Morgan fingerprint density at radius 3 is 2.45 bits per heavy atom. The molecule has 0 aromatic heterocycles. The summed E-state index contributed by atoms with van der Waals surface area (Å²) in [5.74, 6) is -1.57. The van der Waals surface area contributed by atoms with Crippen molar-refractivity contribution in [2.75, 3.05) is 0 Å². The number of aliphatic hydroxyl groups excluding tert-OH is 1. The molecule has 0 spiro atoms. The second kappa shape index (κ2) is 3.15. The second-order valence-electron chi connectivity index (χ2n) is 2.01. The lowest BCUT2D eigenvalue weighted by molar-refractivity contribution is 0.275. The Morgan fingerprint density at radius 2 is 2.00 bits per heavy atom. The molecule has 0 atom stereocenters. The summed E-state index contributed by atoms with van der Waals surface area (Å²) in [6.07, 6.45) is 0. The van der Waals surface area contributed by atoms with E-state index in [-0.39, 0.29) is 10.6 Å². The van der Waals surface area contributed by atoms with Crippen LogP contribution in [-0.4, -0.2) is 5.11 Å². The number of aliphatic hydroxyl groups is 1. The van der Waals surface area contributed by atoms with Gasteiger partial charge in [-0.15, -0.1) is 0 Å². The molecule has 0 aliphatic carbocycles. The summed E-state index contributed by atoms with van der Waals surface area (Å²) in [5.41, 5.74) is -0.0759. The van der Waals surface area contributed by atoms with Gasteiger partial charge >= 0.3 is 0 Å². The van der Waals surface area contributed by atoms with Crippen LogP contribution in [0.5, 0.6) is 0 Å². The van der Waals surface area contributed by atoms with Crippen molar-refractivity contribution >= 4 is 11.6 Å². The number of hydrogen-bond acceptors (Lipinski definition) is 1. The van der Waals surface area contributed by atoms with Gasteiger partial charge in [-0.2, -0.15) is 0 Å². The summed E-state index contributed by atoms with van der Waals surface area (Å²) < 4.78 is 25.0. The average molecular weight is 179 g/mol. The van der Waals surface area contributed by atoms with Crippen LogP contribution in [0, 0.1) is 11.6 Å². The first-order valence-electron chi connectivity index (χ1n) is 2.89. The molecule has 0 unspecified atom stereocenters. The fraction of sp³-hybridized carbons (Fsp3) is 0.143. The average Bonchev–Trinajstić information content (AvgIpc) is 1.85. The second-order valence-corrected chi connectivity index (χ2v) is 2.41. The Balaban J connectivity index is 3.25. The molecule has 60 valence electrons. The normalized spacial score (nSPS) is 10.2. The van der Waals surface area contributed by atoms with E-state index < -0.39 is 18.2 Å². The lowest BCUT2D eigenvalue weighted by Gasteiger charge is -2.00. The quantitative estimate of drug-likeness (QED) is 0.699. The Bertz CT molecular complexity index is 252. The highest BCUT2D eigenvalue weighted by Gasteiger charge is 2.07. The molecule has 1 rings (SSSR count). The highest BCUT2D eigenvalue weighted by molar-refractivity contribution is 6.31. The molecule has 0 heterocycles. The molecule has 0 bridgehead atoms. The van der Waals surface area contributed by atoms with Gasteiger partial charge < -0.3 is 5.11 Å². The maximum atomic E-state index is 12.6. The van der Waals surface area contributed by atoms with Gasteiger partial charge in [0.05, 0.1) is 11.6 Å². The highest BCUT2D eigenvalue weighted by atomic mass is 35.5. The zero-order chi connectivity index (χ0) is 8.43. The Labute approximate surface area is 67.2 Å². The van der Waals surface area contributed by atoms with E-state index in [0.717, 1.165) is 6.07 Å². The standard InChI is InChI=1S/C7H5ClF2O/c8-6-1-4(9)2-7(10)5(6)3-11/h1-2,11H,3H2. The molecule has 1 aromatic carbocycles. The lowest BCUT2D eigenvalue weighted by atomic mass is 10.2. The molecular weight excluding hydrogens is 174 g/mol. The van der Waals surface area contributed by atoms with Crippen molar-refractivity contribution in [2.24, 2.45) is 0 Å². The van der Waals surface area contributed by atoms with Crippen molar-refractivity contribution in [2.45, 2.75) is 6.61 Å². The maximum Gasteiger partial charge on any atom is 0.133 e. The van der Waals surface area contributed by atoms with E-state index in [4.69, 9.17) is 16.7 Å². The molecule has 0 radical (unpaired) electrons. The zero-order valence-electron chi connectivity index (χ0n) is 5.44. The van der Waals surface area contributed by atoms with Crippen LogP contribution in [0.1, 0.15) is 5.56 Å². The van der Waals surface area contributed by atoms with Gasteiger partial charge in [-0.05, 0) is 6.07 Å². The zero-order valence-corrected chi connectivity index (χ0v) is 6.20. The predicted molar refractivity (Wildman–Crippen MR) is 37.3 cm³/mol. The highest BCUT2D eigenvalue weighted by Crippen LogP contribution is 2.20. The van der Waals surface area contributed by atoms with E-state index in [1.54, 1.807) is 0 Å². The van der Waals surface area contributed by atoms with Gasteiger partial charge in [0.2, 0.25) is 0 Å². The number of hydrogen-bond donors (Lipinski definition) is 1. The molecule has 0 aliphatic rings. The first-order valence-corrected chi connectivity index (χ1v) is 3.27. The number of benzene rings is 1. The lowest BCUT2D eigenvalue weighted by Crippen LogP contribution is -1.92. The van der Waals surface area contributed by atoms with Gasteiger partial charge in [-0.25, -0.2) is 8.78 Å². The van der Waals surface area contributed by atoms with Crippen LogP contribution in [0.2, 0.25) is 5.02 Å². The van der Waals surface area contributed by atoms with E-state index in [0.29, 0.717) is 6.07 Å². The molecule has 4 heteroatoms. The molecule has 0 saturated carbocycles. The van der Waals surface area contributed by atoms with Crippen molar-refractivity contribution in [1.29, 1.82) is 0 Å². The van der Waals surface area contributed by atoms with Gasteiger partial charge in [0.15, 0.2) is 0 Å². The van der Waals surface area contributed by atoms with Crippen molar-refractivity contribution in [1.82, 2.24) is 0 Å². The largest absolute Gasteiger partial charge is 0.392 e. The van der Waals surface area contributed by atoms with Crippen LogP contribution < -0.4 is 0 Å². The SMILES string of the molecule is OCc1c(F)cc(F)cc1Cl. The Hall–Kier alpha value is -0.670. The molecular formula is C7H5ClF2O. The summed E-state index contributed by atoms with van der Waals surface area (Å²) in [6, 6.07) is 1.63. The van der Waals surface area contributed by atoms with E-state index in [1.807, 2.05) is 0 Å². The van der Waals surface area contributed by atoms with Crippen LogP contribution in [0.3, 0.4) is 0 Å². The fourth-order valence-electron chi connectivity index (χ4n) is 0.723. The molecule has 0 aliphatic heterocycles. The Morgan fingerprint density at radius 1 is 1.36 bits per heavy atom. The fourth-order valence-corrected chi connectivity index (χ4v) is 0.977. The van der Waals surface area contributed by atoms with E-state index in [2.05, 4.69) is 0 Å². The first-order chi connectivity index (χ1) is 5.15. The molecule has 1 nitrogen and oxygen atoms in total. The van der Waals surface area contributed by atoms with Gasteiger partial charge in [-0.1, -0.05) is 11.6 Å². The Kier molecular flexibility index (Phi) is 2.42. The molecule has 1 aromatic rings. The van der Waals surface area contributed by atoms with Crippen LogP contribution in [0.15, 0.2) is 12.1 Å². The van der Waals surface area contributed by atoms with E-state index in [1.165, 1.54) is 0 Å². The topological polar surface area (TPSA) is 20.2 Å². The first kappa shape index (κ1) is 8.43. The summed E-state index contributed by atoms with van der Waals surface area (Å²) in [6.45, 7) is -0.523. The predicted octanol–water partition coefficient (Wildman–Crippen LogP) is 2.11. The van der Waals surface area contributed by atoms with Gasteiger partial charge in [0.25, 0.3) is 0 Å². The third kappa shape index (κ3) is 1.67. The third-order valence-electron chi connectivity index (χ3n) is 1.26. The van der Waals surface area contributed by atoms with Crippen LogP contribution in [-0.2, 0) is 6.61 Å². The minimum atomic E-state index is -0.822. The van der Waals surface area contributed by atoms with Crippen molar-refractivity contribution in [3.63, 3.8) is 0 Å². The minimum absolute atomic E-state index is 0.0759. The van der Waals surface area contributed by atoms with Crippen molar-refractivity contribution in [3.05, 3.63) is 34.4 Å². The van der Waals surface area contributed by atoms with Crippen molar-refractivity contribution < 1.29 is 13.9 Å². The van der Waals surface area contributed by atoms with Crippen LogP contribution in [0.25, 0.3) is 0 Å². The molecule has 1 N–H and O–H groups in total. The van der Waals surface area contributed by atoms with E-state index >= 15 is 0 Å². The third-order valence-corrected chi connectivity index (χ3v) is 1.60. The molecule has 0 saturated heterocycles. The van der Waals surface area contributed by atoms with Crippen molar-refractivity contribution in [3.8, 4) is 0 Å². The van der Waals surface area contributed by atoms with Gasteiger partial charge in [-0.3, -0.25) is 0 Å².